The predicted octanol–water partition coefficient (Wildman–Crippen LogP) is 3.50. The summed E-state index contributed by atoms with van der Waals surface area (Å²) in [5.41, 5.74) is 4.33. The van der Waals surface area contributed by atoms with Gasteiger partial charge in [-0.1, -0.05) is 24.3 Å². The Balaban J connectivity index is 2.08. The summed E-state index contributed by atoms with van der Waals surface area (Å²) in [5, 5.41) is 4.65. The first-order chi connectivity index (χ1) is 9.78. The molecule has 3 aromatic rings. The first-order valence-corrected chi connectivity index (χ1v) is 6.38. The molecule has 96 valence electrons. The van der Waals surface area contributed by atoms with Gasteiger partial charge in [-0.05, 0) is 39.9 Å². The van der Waals surface area contributed by atoms with Crippen LogP contribution in [0.1, 0.15) is 11.1 Å². The maximum atomic E-state index is 12.1. The van der Waals surface area contributed by atoms with Gasteiger partial charge in [0.05, 0.1) is 5.69 Å². The van der Waals surface area contributed by atoms with E-state index in [0.717, 1.165) is 27.8 Å². The van der Waals surface area contributed by atoms with Crippen LogP contribution in [-0.2, 0) is 6.42 Å². The van der Waals surface area contributed by atoms with E-state index in [-0.39, 0.29) is 5.56 Å². The van der Waals surface area contributed by atoms with Gasteiger partial charge in [0.15, 0.2) is 0 Å². The molecule has 4 rings (SSSR count). The number of aromatic amines is 1. The Hall–Kier alpha value is -2.75. The van der Waals surface area contributed by atoms with E-state index in [0.29, 0.717) is 17.5 Å². The van der Waals surface area contributed by atoms with Crippen molar-refractivity contribution < 1.29 is 0 Å². The fourth-order valence-corrected chi connectivity index (χ4v) is 2.97. The Morgan fingerprint density at radius 1 is 1.05 bits per heavy atom. The van der Waals surface area contributed by atoms with E-state index in [9.17, 15) is 9.70 Å². The van der Waals surface area contributed by atoms with Crippen LogP contribution in [-0.4, -0.2) is 4.98 Å². The molecule has 0 atom stereocenters. The van der Waals surface area contributed by atoms with Crippen LogP contribution in [0.25, 0.3) is 22.0 Å². The zero-order chi connectivity index (χ0) is 13.7. The molecule has 1 heterocycles. The van der Waals surface area contributed by atoms with Crippen LogP contribution in [0.15, 0.2) is 52.4 Å². The van der Waals surface area contributed by atoms with Gasteiger partial charge in [-0.3, -0.25) is 4.79 Å². The standard InChI is InChI=1S/C16H10N2O2/c19-16-13-4-2-1-3-12(13)14-8-9-7-10(18-20)5-6-11(9)15(14)17-16/h1-7H,8H2,(H,17,19). The fourth-order valence-electron chi connectivity index (χ4n) is 2.97. The Morgan fingerprint density at radius 2 is 1.85 bits per heavy atom. The number of hydrogen-bond donors (Lipinski definition) is 1. The summed E-state index contributed by atoms with van der Waals surface area (Å²) < 4.78 is 0. The molecule has 1 aromatic heterocycles. The molecule has 4 heteroatoms. The average Bonchev–Trinajstić information content (AvgIpc) is 2.85. The van der Waals surface area contributed by atoms with Crippen molar-refractivity contribution in [3.05, 3.63) is 68.9 Å². The van der Waals surface area contributed by atoms with Crippen LogP contribution >= 0.6 is 0 Å². The van der Waals surface area contributed by atoms with Gasteiger partial charge in [-0.25, -0.2) is 0 Å². The minimum atomic E-state index is -0.0789. The van der Waals surface area contributed by atoms with Crippen LogP contribution in [0.3, 0.4) is 0 Å². The van der Waals surface area contributed by atoms with Crippen molar-refractivity contribution in [1.82, 2.24) is 4.98 Å². The van der Waals surface area contributed by atoms with Crippen molar-refractivity contribution in [2.45, 2.75) is 6.42 Å². The molecule has 0 aliphatic heterocycles. The molecule has 2 aromatic carbocycles. The third-order valence-corrected chi connectivity index (χ3v) is 3.87. The molecule has 1 N–H and O–H groups in total. The SMILES string of the molecule is O=Nc1ccc2c(c1)Cc1c-2[nH]c(=O)c2ccccc12. The molecule has 0 spiro atoms. The van der Waals surface area contributed by atoms with Gasteiger partial charge in [0.1, 0.15) is 5.69 Å². The Morgan fingerprint density at radius 3 is 2.65 bits per heavy atom. The lowest BCUT2D eigenvalue weighted by Crippen LogP contribution is -2.08. The summed E-state index contributed by atoms with van der Waals surface area (Å²) in [7, 11) is 0. The van der Waals surface area contributed by atoms with Gasteiger partial charge in [-0.15, -0.1) is 4.91 Å². The Labute approximate surface area is 114 Å². The normalized spacial score (nSPS) is 12.2. The lowest BCUT2D eigenvalue weighted by atomic mass is 10.0. The predicted molar refractivity (Wildman–Crippen MR) is 78.3 cm³/mol. The molecule has 0 bridgehead atoms. The summed E-state index contributed by atoms with van der Waals surface area (Å²) in [5.74, 6) is 0. The summed E-state index contributed by atoms with van der Waals surface area (Å²) in [6.07, 6.45) is 0.714. The monoisotopic (exact) mass is 262 g/mol. The topological polar surface area (TPSA) is 62.3 Å². The summed E-state index contributed by atoms with van der Waals surface area (Å²) >= 11 is 0. The summed E-state index contributed by atoms with van der Waals surface area (Å²) in [6.45, 7) is 0. The van der Waals surface area contributed by atoms with E-state index in [2.05, 4.69) is 10.2 Å². The third-order valence-electron chi connectivity index (χ3n) is 3.87. The maximum Gasteiger partial charge on any atom is 0.256 e. The number of rotatable bonds is 1. The first-order valence-electron chi connectivity index (χ1n) is 6.38. The number of hydrogen-bond acceptors (Lipinski definition) is 3. The van der Waals surface area contributed by atoms with Gasteiger partial charge >= 0.3 is 0 Å². The van der Waals surface area contributed by atoms with E-state index < -0.39 is 0 Å². The first kappa shape index (κ1) is 11.1. The van der Waals surface area contributed by atoms with Crippen molar-refractivity contribution in [1.29, 1.82) is 0 Å². The molecule has 0 unspecified atom stereocenters. The smallest absolute Gasteiger partial charge is 0.256 e. The maximum absolute atomic E-state index is 12.1. The number of benzene rings is 2. The van der Waals surface area contributed by atoms with Crippen LogP contribution in [0.5, 0.6) is 0 Å². The molecule has 0 saturated carbocycles. The summed E-state index contributed by atoms with van der Waals surface area (Å²) in [4.78, 5) is 25.7. The average molecular weight is 262 g/mol. The van der Waals surface area contributed by atoms with E-state index in [4.69, 9.17) is 0 Å². The largest absolute Gasteiger partial charge is 0.321 e. The minimum absolute atomic E-state index is 0.0789. The quantitative estimate of drug-likeness (QED) is 0.534. The number of nitrogens with zero attached hydrogens (tertiary/aromatic N) is 1. The highest BCUT2D eigenvalue weighted by Crippen LogP contribution is 2.39. The molecule has 1 aliphatic carbocycles. The number of fused-ring (bicyclic) bond motifs is 5. The number of nitrogens with one attached hydrogen (secondary N) is 1. The van der Waals surface area contributed by atoms with Gasteiger partial charge in [0, 0.05) is 17.4 Å². The second-order valence-corrected chi connectivity index (χ2v) is 4.96. The van der Waals surface area contributed by atoms with Gasteiger partial charge in [0.25, 0.3) is 5.56 Å². The molecule has 0 fully saturated rings. The third kappa shape index (κ3) is 1.39. The highest BCUT2D eigenvalue weighted by atomic mass is 16.3. The van der Waals surface area contributed by atoms with Crippen molar-refractivity contribution in [3.63, 3.8) is 0 Å². The van der Waals surface area contributed by atoms with E-state index >= 15 is 0 Å². The molecular formula is C16H10N2O2. The zero-order valence-corrected chi connectivity index (χ0v) is 10.5. The minimum Gasteiger partial charge on any atom is -0.321 e. The molecule has 1 aliphatic rings. The lowest BCUT2D eigenvalue weighted by molar-refractivity contribution is 1.23. The molecule has 4 nitrogen and oxygen atoms in total. The van der Waals surface area contributed by atoms with Gasteiger partial charge < -0.3 is 4.98 Å². The van der Waals surface area contributed by atoms with Crippen LogP contribution in [0, 0.1) is 4.91 Å². The van der Waals surface area contributed by atoms with Gasteiger partial charge in [0.2, 0.25) is 0 Å². The molecular weight excluding hydrogens is 252 g/mol. The van der Waals surface area contributed by atoms with Crippen molar-refractivity contribution in [2.24, 2.45) is 5.18 Å². The van der Waals surface area contributed by atoms with Crippen LogP contribution in [0.4, 0.5) is 5.69 Å². The van der Waals surface area contributed by atoms with Crippen LogP contribution in [0.2, 0.25) is 0 Å². The molecule has 20 heavy (non-hydrogen) atoms. The summed E-state index contributed by atoms with van der Waals surface area (Å²) in [6, 6.07) is 12.9. The van der Waals surface area contributed by atoms with E-state index in [1.54, 1.807) is 12.1 Å². The van der Waals surface area contributed by atoms with Crippen molar-refractivity contribution >= 4 is 16.5 Å². The highest BCUT2D eigenvalue weighted by Gasteiger charge is 2.22. The number of aromatic nitrogens is 1. The number of nitroso groups, excluding NO2 is 1. The Bertz CT molecular complexity index is 925. The lowest BCUT2D eigenvalue weighted by Gasteiger charge is -2.04. The number of H-pyrrole nitrogens is 1. The second kappa shape index (κ2) is 3.87. The van der Waals surface area contributed by atoms with E-state index in [1.807, 2.05) is 30.3 Å². The second-order valence-electron chi connectivity index (χ2n) is 4.96. The molecule has 0 radical (unpaired) electrons. The zero-order valence-electron chi connectivity index (χ0n) is 10.5. The van der Waals surface area contributed by atoms with E-state index in [1.165, 1.54) is 0 Å². The van der Waals surface area contributed by atoms with Crippen molar-refractivity contribution in [2.75, 3.05) is 0 Å². The Kier molecular flexibility index (Phi) is 2.15. The molecule has 0 amide bonds. The fraction of sp³-hybridized carbons (Fsp3) is 0.0625. The van der Waals surface area contributed by atoms with Crippen LogP contribution < -0.4 is 5.56 Å². The van der Waals surface area contributed by atoms with Crippen molar-refractivity contribution in [3.8, 4) is 11.3 Å². The van der Waals surface area contributed by atoms with Gasteiger partial charge in [-0.2, -0.15) is 0 Å². The number of pyridine rings is 1. The molecule has 0 saturated heterocycles. The highest BCUT2D eigenvalue weighted by molar-refractivity contribution is 5.93.